The summed E-state index contributed by atoms with van der Waals surface area (Å²) in [6.07, 6.45) is 0. The van der Waals surface area contributed by atoms with Crippen LogP contribution in [0.3, 0.4) is 0 Å². The van der Waals surface area contributed by atoms with Gasteiger partial charge in [0.15, 0.2) is 6.54 Å². The van der Waals surface area contributed by atoms with Crippen LogP contribution in [0.15, 0.2) is 18.2 Å². The zero-order valence-electron chi connectivity index (χ0n) is 15.7. The quantitative estimate of drug-likeness (QED) is 0.609. The number of carbonyl (C=O) groups excluding carboxylic acids is 1. The first-order valence-corrected chi connectivity index (χ1v) is 11.6. The summed E-state index contributed by atoms with van der Waals surface area (Å²) >= 11 is 5.63. The molecule has 0 saturated carbocycles. The predicted molar refractivity (Wildman–Crippen MR) is 112 cm³/mol. The molecule has 2 aromatic rings. The summed E-state index contributed by atoms with van der Waals surface area (Å²) in [5.74, 6) is 0.912. The number of quaternary nitrogens is 1. The first-order chi connectivity index (χ1) is 12.9. The highest BCUT2D eigenvalue weighted by atomic mass is 32.9. The Morgan fingerprint density at radius 2 is 2.07 bits per heavy atom. The molecule has 1 aromatic heterocycles. The van der Waals surface area contributed by atoms with Gasteiger partial charge in [-0.1, -0.05) is 32.9 Å². The van der Waals surface area contributed by atoms with Gasteiger partial charge in [0.05, 0.1) is 36.4 Å². The Bertz CT molecular complexity index is 929. The predicted octanol–water partition coefficient (Wildman–Crippen LogP) is 2.71. The lowest BCUT2D eigenvalue weighted by atomic mass is 9.87. The smallest absolute Gasteiger partial charge is 0.282 e. The van der Waals surface area contributed by atoms with Crippen LogP contribution in [-0.4, -0.2) is 45.9 Å². The maximum Gasteiger partial charge on any atom is 0.282 e. The van der Waals surface area contributed by atoms with E-state index in [-0.39, 0.29) is 5.91 Å². The minimum Gasteiger partial charge on any atom is -0.497 e. The third-order valence-corrected chi connectivity index (χ3v) is 8.64. The molecule has 2 aliphatic heterocycles. The van der Waals surface area contributed by atoms with E-state index in [1.54, 1.807) is 27.8 Å². The molecule has 144 valence electrons. The zero-order valence-corrected chi connectivity index (χ0v) is 18.1. The standard InChI is InChI=1S/C19H22N2O3S3/c1-19(2)17-16(18(25)27-26-17)13-10-12(23-3)4-5-14(13)21(19)15(22)11-20-6-8-24-9-7-20/h4-5,10H,6-9,11H2,1-3H3/p+1. The van der Waals surface area contributed by atoms with Crippen LogP contribution in [0.1, 0.15) is 18.7 Å². The number of hydrogen-bond acceptors (Lipinski definition) is 6. The molecule has 0 aliphatic carbocycles. The highest BCUT2D eigenvalue weighted by molar-refractivity contribution is 7.80. The van der Waals surface area contributed by atoms with Crippen LogP contribution in [0.2, 0.25) is 0 Å². The second-order valence-electron chi connectivity index (χ2n) is 7.37. The van der Waals surface area contributed by atoms with Gasteiger partial charge in [-0.05, 0) is 32.0 Å². The summed E-state index contributed by atoms with van der Waals surface area (Å²) in [5, 5.41) is 0. The van der Waals surface area contributed by atoms with Crippen LogP contribution in [0.25, 0.3) is 11.1 Å². The van der Waals surface area contributed by atoms with E-state index in [9.17, 15) is 4.79 Å². The van der Waals surface area contributed by atoms with Gasteiger partial charge in [0.25, 0.3) is 5.91 Å². The molecule has 2 aliphatic rings. The van der Waals surface area contributed by atoms with Crippen molar-refractivity contribution < 1.29 is 19.2 Å². The van der Waals surface area contributed by atoms with E-state index in [4.69, 9.17) is 21.7 Å². The molecule has 8 heteroatoms. The largest absolute Gasteiger partial charge is 0.497 e. The van der Waals surface area contributed by atoms with Crippen LogP contribution in [0.4, 0.5) is 5.69 Å². The van der Waals surface area contributed by atoms with E-state index in [2.05, 4.69) is 13.8 Å². The van der Waals surface area contributed by atoms with Crippen molar-refractivity contribution in [1.82, 2.24) is 0 Å². The SMILES string of the molecule is COc1ccc2c(c1)-c1c(ssc1=S)C(C)(C)N2C(=O)C[NH+]1CCOCC1. The summed E-state index contributed by atoms with van der Waals surface area (Å²) in [7, 11) is 4.94. The van der Waals surface area contributed by atoms with E-state index in [1.807, 2.05) is 23.1 Å². The molecule has 1 amide bonds. The number of hydrogen-bond donors (Lipinski definition) is 1. The Morgan fingerprint density at radius 3 is 2.78 bits per heavy atom. The van der Waals surface area contributed by atoms with Gasteiger partial charge in [-0.3, -0.25) is 9.69 Å². The second kappa shape index (κ2) is 7.25. The fourth-order valence-corrected chi connectivity index (χ4v) is 7.19. The summed E-state index contributed by atoms with van der Waals surface area (Å²) in [5.41, 5.74) is 2.57. The zero-order chi connectivity index (χ0) is 19.2. The third-order valence-electron chi connectivity index (χ3n) is 5.31. The fraction of sp³-hybridized carbons (Fsp3) is 0.474. The normalized spacial score (nSPS) is 18.7. The Balaban J connectivity index is 1.80. The molecule has 3 heterocycles. The number of fused-ring (bicyclic) bond motifs is 3. The fourth-order valence-electron chi connectivity index (χ4n) is 3.91. The van der Waals surface area contributed by atoms with Crippen molar-refractivity contribution in [2.24, 2.45) is 0 Å². The Hall–Kier alpha value is -1.32. The average molecular weight is 424 g/mol. The number of amides is 1. The lowest BCUT2D eigenvalue weighted by molar-refractivity contribution is -0.900. The summed E-state index contributed by atoms with van der Waals surface area (Å²) in [4.78, 5) is 17.8. The highest BCUT2D eigenvalue weighted by Gasteiger charge is 2.44. The van der Waals surface area contributed by atoms with Crippen molar-refractivity contribution in [3.8, 4) is 16.9 Å². The first kappa shape index (κ1) is 19.0. The lowest BCUT2D eigenvalue weighted by Gasteiger charge is -2.43. The molecule has 0 spiro atoms. The number of nitrogens with zero attached hydrogens (tertiary/aromatic N) is 1. The monoisotopic (exact) mass is 423 g/mol. The van der Waals surface area contributed by atoms with E-state index < -0.39 is 5.54 Å². The minimum absolute atomic E-state index is 0.137. The molecule has 1 fully saturated rings. The number of anilines is 1. The van der Waals surface area contributed by atoms with Crippen molar-refractivity contribution in [3.05, 3.63) is 26.9 Å². The van der Waals surface area contributed by atoms with Crippen molar-refractivity contribution in [2.45, 2.75) is 19.4 Å². The highest BCUT2D eigenvalue weighted by Crippen LogP contribution is 2.52. The van der Waals surface area contributed by atoms with E-state index in [1.165, 1.54) is 4.90 Å². The summed E-state index contributed by atoms with van der Waals surface area (Å²) < 4.78 is 11.7. The van der Waals surface area contributed by atoms with Crippen LogP contribution in [0, 0.1) is 3.82 Å². The van der Waals surface area contributed by atoms with Gasteiger partial charge in [-0.2, -0.15) is 0 Å². The van der Waals surface area contributed by atoms with Gasteiger partial charge in [0.2, 0.25) is 0 Å². The second-order valence-corrected chi connectivity index (χ2v) is 10.2. The number of ether oxygens (including phenoxy) is 2. The van der Waals surface area contributed by atoms with Crippen molar-refractivity contribution in [1.29, 1.82) is 0 Å². The number of rotatable bonds is 3. The van der Waals surface area contributed by atoms with Crippen molar-refractivity contribution >= 4 is 44.5 Å². The molecule has 4 rings (SSSR count). The number of benzene rings is 1. The number of carbonyl (C=O) groups is 1. The minimum atomic E-state index is -0.433. The van der Waals surface area contributed by atoms with Crippen LogP contribution in [0.5, 0.6) is 5.75 Å². The van der Waals surface area contributed by atoms with Crippen molar-refractivity contribution in [3.63, 3.8) is 0 Å². The molecule has 0 bridgehead atoms. The molecular weight excluding hydrogens is 400 g/mol. The molecular formula is C19H23N2O3S3+. The maximum atomic E-state index is 13.4. The average Bonchev–Trinajstić information content (AvgIpc) is 3.05. The molecule has 1 saturated heterocycles. The molecule has 1 aromatic carbocycles. The molecule has 1 N–H and O–H groups in total. The lowest BCUT2D eigenvalue weighted by Crippen LogP contribution is -3.15. The van der Waals surface area contributed by atoms with Crippen molar-refractivity contribution in [2.75, 3.05) is 44.9 Å². The van der Waals surface area contributed by atoms with Crippen LogP contribution < -0.4 is 14.5 Å². The van der Waals surface area contributed by atoms with E-state index in [0.29, 0.717) is 6.54 Å². The van der Waals surface area contributed by atoms with Gasteiger partial charge >= 0.3 is 0 Å². The third kappa shape index (κ3) is 3.23. The van der Waals surface area contributed by atoms with Gasteiger partial charge in [-0.15, -0.1) is 0 Å². The topological polar surface area (TPSA) is 43.2 Å². The summed E-state index contributed by atoms with van der Waals surface area (Å²) in [6, 6.07) is 5.91. The molecule has 0 atom stereocenters. The van der Waals surface area contributed by atoms with Gasteiger partial charge in [0, 0.05) is 11.1 Å². The van der Waals surface area contributed by atoms with Gasteiger partial charge in [0.1, 0.15) is 22.7 Å². The van der Waals surface area contributed by atoms with Gasteiger partial charge < -0.3 is 14.4 Å². The molecule has 27 heavy (non-hydrogen) atoms. The van der Waals surface area contributed by atoms with E-state index in [0.717, 1.165) is 57.6 Å². The number of methoxy groups -OCH3 is 1. The Labute approximate surface area is 171 Å². The molecule has 0 radical (unpaired) electrons. The number of morpholine rings is 1. The van der Waals surface area contributed by atoms with Crippen LogP contribution >= 0.6 is 32.9 Å². The summed E-state index contributed by atoms with van der Waals surface area (Å²) in [6.45, 7) is 7.89. The first-order valence-electron chi connectivity index (χ1n) is 9.00. The number of nitrogens with one attached hydrogen (secondary N) is 1. The maximum absolute atomic E-state index is 13.4. The molecule has 0 unspecified atom stereocenters. The Morgan fingerprint density at radius 1 is 1.33 bits per heavy atom. The van der Waals surface area contributed by atoms with Gasteiger partial charge in [-0.25, -0.2) is 0 Å². The Kier molecular flexibility index (Phi) is 5.11. The molecule has 5 nitrogen and oxygen atoms in total. The van der Waals surface area contributed by atoms with E-state index >= 15 is 0 Å². The van der Waals surface area contributed by atoms with Crippen LogP contribution in [-0.2, 0) is 15.1 Å².